The second kappa shape index (κ2) is 8.72. The van der Waals surface area contributed by atoms with E-state index in [4.69, 9.17) is 16.8 Å². The van der Waals surface area contributed by atoms with Crippen molar-refractivity contribution in [3.05, 3.63) is 12.2 Å². The Morgan fingerprint density at radius 2 is 2.00 bits per heavy atom. The summed E-state index contributed by atoms with van der Waals surface area (Å²) in [7, 11) is -0.103. The molecule has 0 spiro atoms. The molecule has 0 fully saturated rings. The zero-order valence-corrected chi connectivity index (χ0v) is 8.66. The van der Waals surface area contributed by atoms with Crippen LogP contribution in [0.25, 0.3) is 0 Å². The fourth-order valence-electron chi connectivity index (χ4n) is 0. The highest BCUT2D eigenvalue weighted by atomic mass is 35.6. The van der Waals surface area contributed by atoms with Crippen LogP contribution in [0.5, 0.6) is 0 Å². The fraction of sp³-hybridized carbons (Fsp3) is 0.500. The molecule has 0 aromatic carbocycles. The van der Waals surface area contributed by atoms with Crippen molar-refractivity contribution in [2.45, 2.75) is 19.9 Å². The summed E-state index contributed by atoms with van der Waals surface area (Å²) in [6.45, 7) is 6.96. The first-order chi connectivity index (χ1) is 4.56. The van der Waals surface area contributed by atoms with Crippen molar-refractivity contribution in [1.82, 2.24) is 0 Å². The smallest absolute Gasteiger partial charge is 0.243 e. The number of primary amides is 1. The molecule has 0 radical (unpaired) electrons. The summed E-state index contributed by atoms with van der Waals surface area (Å²) in [5.74, 6) is -0.435. The molecule has 0 aromatic rings. The zero-order chi connectivity index (χ0) is 8.57. The van der Waals surface area contributed by atoms with E-state index >= 15 is 0 Å². The number of amides is 1. The lowest BCUT2D eigenvalue weighted by atomic mass is 10.3. The Bertz CT molecular complexity index is 102. The number of nitrogens with two attached hydrogens (primary N) is 1. The maximum Gasteiger partial charge on any atom is 0.243 e. The van der Waals surface area contributed by atoms with Crippen molar-refractivity contribution in [3.8, 4) is 0 Å². The summed E-state index contributed by atoms with van der Waals surface area (Å²) in [5, 5.41) is 0. The molecule has 0 aliphatic heterocycles. The molecular formula is C6H14ClNOSi. The first-order valence-corrected chi connectivity index (χ1v) is 6.21. The minimum Gasteiger partial charge on any atom is -0.366 e. The second-order valence-corrected chi connectivity index (χ2v) is 4.35. The van der Waals surface area contributed by atoms with Crippen LogP contribution >= 0.6 is 11.1 Å². The quantitative estimate of drug-likeness (QED) is 0.380. The summed E-state index contributed by atoms with van der Waals surface area (Å²) in [5.41, 5.74) is 5.09. The predicted octanol–water partition coefficient (Wildman–Crippen LogP) is 0.795. The standard InChI is InChI=1S/C4H7NO.C2H7ClSi/c1-3(2)4(5)6;1-2-4-3/h1H2,2H3,(H2,5,6);2,4H2,1H3. The molecule has 2 nitrogen and oxygen atoms in total. The highest BCUT2D eigenvalue weighted by molar-refractivity contribution is 6.93. The van der Waals surface area contributed by atoms with Crippen molar-refractivity contribution < 1.29 is 4.79 Å². The monoisotopic (exact) mass is 179 g/mol. The van der Waals surface area contributed by atoms with E-state index in [9.17, 15) is 4.79 Å². The summed E-state index contributed by atoms with van der Waals surface area (Å²) in [4.78, 5) is 9.82. The van der Waals surface area contributed by atoms with Gasteiger partial charge in [0.2, 0.25) is 5.91 Å². The van der Waals surface area contributed by atoms with Crippen molar-refractivity contribution in [1.29, 1.82) is 0 Å². The maximum absolute atomic E-state index is 9.82. The Hall–Kier alpha value is -0.283. The molecule has 0 aromatic heterocycles. The van der Waals surface area contributed by atoms with E-state index in [0.717, 1.165) is 0 Å². The van der Waals surface area contributed by atoms with Gasteiger partial charge in [-0.25, -0.2) is 0 Å². The van der Waals surface area contributed by atoms with Crippen LogP contribution in [0.2, 0.25) is 6.04 Å². The number of carbonyl (C=O) groups excluding carboxylic acids is 1. The summed E-state index contributed by atoms with van der Waals surface area (Å²) >= 11 is 5.32. The Morgan fingerprint density at radius 3 is 2.00 bits per heavy atom. The van der Waals surface area contributed by atoms with Gasteiger partial charge in [0.1, 0.15) is 8.83 Å². The molecule has 2 N–H and O–H groups in total. The lowest BCUT2D eigenvalue weighted by Gasteiger charge is -1.81. The van der Waals surface area contributed by atoms with E-state index in [-0.39, 0.29) is 8.83 Å². The van der Waals surface area contributed by atoms with Crippen LogP contribution in [0.15, 0.2) is 12.2 Å². The first-order valence-electron chi connectivity index (χ1n) is 3.07. The normalized spacial score (nSPS) is 8.70. The Kier molecular flexibility index (Phi) is 10.8. The molecule has 0 aliphatic carbocycles. The molecule has 0 atom stereocenters. The molecule has 60 valence electrons. The lowest BCUT2D eigenvalue weighted by molar-refractivity contribution is -0.114. The van der Waals surface area contributed by atoms with Gasteiger partial charge in [0.05, 0.1) is 0 Å². The van der Waals surface area contributed by atoms with E-state index in [0.29, 0.717) is 5.57 Å². The van der Waals surface area contributed by atoms with Gasteiger partial charge < -0.3 is 5.73 Å². The van der Waals surface area contributed by atoms with Gasteiger partial charge in [-0.3, -0.25) is 4.79 Å². The average molecular weight is 180 g/mol. The fourth-order valence-corrected chi connectivity index (χ4v) is 0. The third kappa shape index (κ3) is 15.6. The van der Waals surface area contributed by atoms with Crippen molar-refractivity contribution >= 4 is 25.8 Å². The Morgan fingerprint density at radius 1 is 1.80 bits per heavy atom. The van der Waals surface area contributed by atoms with Gasteiger partial charge in [-0.2, -0.15) is 11.1 Å². The minimum absolute atomic E-state index is 0.103. The topological polar surface area (TPSA) is 43.1 Å². The van der Waals surface area contributed by atoms with Crippen LogP contribution in [0, 0.1) is 0 Å². The van der Waals surface area contributed by atoms with Crippen molar-refractivity contribution in [2.75, 3.05) is 0 Å². The van der Waals surface area contributed by atoms with Gasteiger partial charge in [0, 0.05) is 5.57 Å². The van der Waals surface area contributed by atoms with E-state index in [1.807, 2.05) is 0 Å². The zero-order valence-electron chi connectivity index (χ0n) is 6.48. The maximum atomic E-state index is 9.82. The van der Waals surface area contributed by atoms with Crippen LogP contribution in [0.4, 0.5) is 0 Å². The highest BCUT2D eigenvalue weighted by Crippen LogP contribution is 1.78. The summed E-state index contributed by atoms with van der Waals surface area (Å²) < 4.78 is 0. The predicted molar refractivity (Wildman–Crippen MR) is 48.9 cm³/mol. The molecule has 0 heterocycles. The van der Waals surface area contributed by atoms with Crippen molar-refractivity contribution in [3.63, 3.8) is 0 Å². The van der Waals surface area contributed by atoms with E-state index in [1.165, 1.54) is 6.04 Å². The Labute approximate surface area is 69.0 Å². The highest BCUT2D eigenvalue weighted by Gasteiger charge is 1.86. The van der Waals surface area contributed by atoms with Crippen molar-refractivity contribution in [2.24, 2.45) is 5.73 Å². The number of rotatable bonds is 2. The van der Waals surface area contributed by atoms with Gasteiger partial charge >= 0.3 is 0 Å². The average Bonchev–Trinajstić information content (AvgIpc) is 1.89. The lowest BCUT2D eigenvalue weighted by Crippen LogP contribution is -2.10. The first kappa shape index (κ1) is 12.4. The second-order valence-electron chi connectivity index (χ2n) is 1.83. The molecular weight excluding hydrogens is 166 g/mol. The van der Waals surface area contributed by atoms with Gasteiger partial charge in [-0.1, -0.05) is 19.5 Å². The summed E-state index contributed by atoms with van der Waals surface area (Å²) in [6.07, 6.45) is 0. The van der Waals surface area contributed by atoms with Crippen LogP contribution in [-0.4, -0.2) is 14.7 Å². The third-order valence-electron chi connectivity index (χ3n) is 0.610. The molecule has 0 saturated carbocycles. The summed E-state index contributed by atoms with van der Waals surface area (Å²) in [6, 6.07) is 1.22. The SMILES string of the molecule is C=C(C)C(N)=O.CC[SiH2]Cl. The minimum atomic E-state index is -0.435. The molecule has 0 bridgehead atoms. The number of carbonyl (C=O) groups is 1. The largest absolute Gasteiger partial charge is 0.366 e. The van der Waals surface area contributed by atoms with Gasteiger partial charge in [0.15, 0.2) is 0 Å². The molecule has 10 heavy (non-hydrogen) atoms. The number of halogens is 1. The molecule has 0 saturated heterocycles. The molecule has 0 unspecified atom stereocenters. The van der Waals surface area contributed by atoms with Crippen LogP contribution in [0.3, 0.4) is 0 Å². The molecule has 1 amide bonds. The van der Waals surface area contributed by atoms with E-state index in [2.05, 4.69) is 13.5 Å². The number of hydrogen-bond donors (Lipinski definition) is 1. The van der Waals surface area contributed by atoms with Crippen LogP contribution < -0.4 is 5.73 Å². The van der Waals surface area contributed by atoms with Gasteiger partial charge in [-0.05, 0) is 6.92 Å². The van der Waals surface area contributed by atoms with Gasteiger partial charge in [-0.15, -0.1) is 0 Å². The van der Waals surface area contributed by atoms with E-state index < -0.39 is 5.91 Å². The third-order valence-corrected chi connectivity index (χ3v) is 2.12. The van der Waals surface area contributed by atoms with E-state index in [1.54, 1.807) is 6.92 Å². The van der Waals surface area contributed by atoms with Crippen LogP contribution in [0.1, 0.15) is 13.8 Å². The molecule has 0 aliphatic rings. The molecule has 4 heteroatoms. The molecule has 0 rings (SSSR count). The number of hydrogen-bond acceptors (Lipinski definition) is 1. The van der Waals surface area contributed by atoms with Crippen LogP contribution in [-0.2, 0) is 4.79 Å². The Balaban J connectivity index is 0. The van der Waals surface area contributed by atoms with Gasteiger partial charge in [0.25, 0.3) is 0 Å².